The lowest BCUT2D eigenvalue weighted by atomic mass is 10.2. The molecule has 0 aliphatic rings. The Balaban J connectivity index is 2.42. The molecule has 19 heavy (non-hydrogen) atoms. The predicted molar refractivity (Wildman–Crippen MR) is 83.7 cm³/mol. The van der Waals surface area contributed by atoms with Crippen LogP contribution >= 0.6 is 58.0 Å². The Labute approximate surface area is 135 Å². The number of aromatic nitrogens is 1. The van der Waals surface area contributed by atoms with E-state index in [-0.39, 0.29) is 10.2 Å². The smallest absolute Gasteiger partial charge is 0.151 e. The predicted octanol–water partition coefficient (Wildman–Crippen LogP) is 6.40. The van der Waals surface area contributed by atoms with Crippen molar-refractivity contribution in [3.63, 3.8) is 0 Å². The molecule has 0 unspecified atom stereocenters. The highest BCUT2D eigenvalue weighted by molar-refractivity contribution is 6.43. The summed E-state index contributed by atoms with van der Waals surface area (Å²) >= 11 is 29.9. The molecule has 0 fully saturated rings. The Kier molecular flexibility index (Phi) is 4.70. The van der Waals surface area contributed by atoms with E-state index in [4.69, 9.17) is 58.0 Å². The van der Waals surface area contributed by atoms with Gasteiger partial charge < -0.3 is 5.32 Å². The van der Waals surface area contributed by atoms with Gasteiger partial charge in [-0.1, -0.05) is 58.0 Å². The third-order valence-electron chi connectivity index (χ3n) is 2.39. The third kappa shape index (κ3) is 3.39. The SMILES string of the molecule is Cc1cc(Cl)c(Nc2nc(Cl)c(Cl)cc2Cl)cc1Cl. The first-order valence-corrected chi connectivity index (χ1v) is 7.01. The summed E-state index contributed by atoms with van der Waals surface area (Å²) in [5.41, 5.74) is 1.47. The van der Waals surface area contributed by atoms with Crippen LogP contribution in [0.3, 0.4) is 0 Å². The number of pyridine rings is 1. The normalized spacial score (nSPS) is 10.6. The highest BCUT2D eigenvalue weighted by Gasteiger charge is 2.11. The lowest BCUT2D eigenvalue weighted by Crippen LogP contribution is -1.96. The van der Waals surface area contributed by atoms with E-state index in [0.29, 0.717) is 26.6 Å². The van der Waals surface area contributed by atoms with Crippen LogP contribution in [-0.2, 0) is 0 Å². The number of halogens is 5. The summed E-state index contributed by atoms with van der Waals surface area (Å²) in [6.45, 7) is 1.86. The van der Waals surface area contributed by atoms with Crippen LogP contribution in [0.25, 0.3) is 0 Å². The molecule has 0 radical (unpaired) electrons. The van der Waals surface area contributed by atoms with E-state index in [1.807, 2.05) is 6.92 Å². The van der Waals surface area contributed by atoms with Gasteiger partial charge in [-0.3, -0.25) is 0 Å². The van der Waals surface area contributed by atoms with E-state index < -0.39 is 0 Å². The molecule has 2 nitrogen and oxygen atoms in total. The number of anilines is 2. The molecule has 0 saturated heterocycles. The molecule has 2 rings (SSSR count). The average Bonchev–Trinajstić information content (AvgIpc) is 2.32. The summed E-state index contributed by atoms with van der Waals surface area (Å²) in [4.78, 5) is 4.05. The van der Waals surface area contributed by atoms with Crippen molar-refractivity contribution < 1.29 is 0 Å². The van der Waals surface area contributed by atoms with Gasteiger partial charge in [-0.05, 0) is 30.7 Å². The molecule has 0 atom stereocenters. The standard InChI is InChI=1S/C12H7Cl5N2/c1-5-2-7(14)10(4-6(5)13)18-12-9(16)3-8(15)11(17)19-12/h2-4H,1H3,(H,18,19). The number of hydrogen-bond donors (Lipinski definition) is 1. The van der Waals surface area contributed by atoms with Crippen LogP contribution in [0.5, 0.6) is 0 Å². The Morgan fingerprint density at radius 2 is 1.53 bits per heavy atom. The number of hydrogen-bond acceptors (Lipinski definition) is 2. The highest BCUT2D eigenvalue weighted by atomic mass is 35.5. The number of aryl methyl sites for hydroxylation is 1. The molecule has 0 spiro atoms. The van der Waals surface area contributed by atoms with E-state index in [1.54, 1.807) is 12.1 Å². The second-order valence-corrected chi connectivity index (χ2v) is 5.78. The number of benzene rings is 1. The summed E-state index contributed by atoms with van der Waals surface area (Å²) in [6, 6.07) is 4.95. The molecule has 7 heteroatoms. The van der Waals surface area contributed by atoms with Gasteiger partial charge in [-0.2, -0.15) is 0 Å². The Morgan fingerprint density at radius 3 is 2.21 bits per heavy atom. The zero-order chi connectivity index (χ0) is 14.2. The summed E-state index contributed by atoms with van der Waals surface area (Å²) in [5.74, 6) is 0.359. The summed E-state index contributed by atoms with van der Waals surface area (Å²) in [6.07, 6.45) is 0. The van der Waals surface area contributed by atoms with Crippen molar-refractivity contribution in [1.82, 2.24) is 4.98 Å². The molecule has 1 aromatic heterocycles. The van der Waals surface area contributed by atoms with Crippen molar-refractivity contribution in [3.8, 4) is 0 Å². The Hall–Kier alpha value is -0.380. The van der Waals surface area contributed by atoms with Crippen LogP contribution in [0.15, 0.2) is 18.2 Å². The first-order valence-electron chi connectivity index (χ1n) is 5.12. The van der Waals surface area contributed by atoms with Crippen LogP contribution < -0.4 is 5.32 Å². The maximum Gasteiger partial charge on any atom is 0.151 e. The third-order valence-corrected chi connectivity index (χ3v) is 4.07. The van der Waals surface area contributed by atoms with Crippen molar-refractivity contribution in [2.75, 3.05) is 5.32 Å². The van der Waals surface area contributed by atoms with E-state index in [9.17, 15) is 0 Å². The van der Waals surface area contributed by atoms with Crippen LogP contribution in [0, 0.1) is 6.92 Å². The van der Waals surface area contributed by atoms with Gasteiger partial charge in [0.25, 0.3) is 0 Å². The molecule has 0 bridgehead atoms. The number of nitrogens with zero attached hydrogens (tertiary/aromatic N) is 1. The maximum atomic E-state index is 6.12. The van der Waals surface area contributed by atoms with Crippen molar-refractivity contribution in [1.29, 1.82) is 0 Å². The van der Waals surface area contributed by atoms with Crippen molar-refractivity contribution in [2.45, 2.75) is 6.92 Å². The molecule has 100 valence electrons. The second-order valence-electron chi connectivity index (χ2n) is 3.80. The van der Waals surface area contributed by atoms with E-state index in [1.165, 1.54) is 6.07 Å². The zero-order valence-corrected chi connectivity index (χ0v) is 13.3. The second kappa shape index (κ2) is 5.94. The molecule has 1 N–H and O–H groups in total. The van der Waals surface area contributed by atoms with E-state index in [0.717, 1.165) is 5.56 Å². The molecular formula is C12H7Cl5N2. The van der Waals surface area contributed by atoms with Crippen molar-refractivity contribution in [2.24, 2.45) is 0 Å². The highest BCUT2D eigenvalue weighted by Crippen LogP contribution is 2.34. The van der Waals surface area contributed by atoms with Gasteiger partial charge in [0.15, 0.2) is 5.82 Å². The summed E-state index contributed by atoms with van der Waals surface area (Å²) in [5, 5.41) is 4.84. The molecular weight excluding hydrogens is 349 g/mol. The Bertz CT molecular complexity index is 587. The fourth-order valence-corrected chi connectivity index (χ4v) is 2.38. The molecule has 0 amide bonds. The first kappa shape index (κ1) is 15.0. The van der Waals surface area contributed by atoms with Crippen LogP contribution in [-0.4, -0.2) is 4.98 Å². The van der Waals surface area contributed by atoms with Gasteiger partial charge in [0.2, 0.25) is 0 Å². The largest absolute Gasteiger partial charge is 0.338 e. The minimum Gasteiger partial charge on any atom is -0.338 e. The minimum absolute atomic E-state index is 0.155. The fourth-order valence-electron chi connectivity index (χ4n) is 1.40. The zero-order valence-electron chi connectivity index (χ0n) is 9.57. The Morgan fingerprint density at radius 1 is 0.842 bits per heavy atom. The molecule has 1 aromatic carbocycles. The molecule has 1 heterocycles. The lowest BCUT2D eigenvalue weighted by molar-refractivity contribution is 1.30. The minimum atomic E-state index is 0.155. The van der Waals surface area contributed by atoms with Gasteiger partial charge in [0.05, 0.1) is 20.8 Å². The monoisotopic (exact) mass is 354 g/mol. The van der Waals surface area contributed by atoms with Gasteiger partial charge in [-0.25, -0.2) is 4.98 Å². The summed E-state index contributed by atoms with van der Waals surface area (Å²) < 4.78 is 0. The average molecular weight is 356 g/mol. The fraction of sp³-hybridized carbons (Fsp3) is 0.0833. The first-order chi connectivity index (χ1) is 8.88. The number of nitrogens with one attached hydrogen (secondary N) is 1. The van der Waals surface area contributed by atoms with E-state index in [2.05, 4.69) is 10.3 Å². The molecule has 0 aliphatic carbocycles. The molecule has 0 saturated carbocycles. The van der Waals surface area contributed by atoms with Gasteiger partial charge in [-0.15, -0.1) is 0 Å². The van der Waals surface area contributed by atoms with Gasteiger partial charge >= 0.3 is 0 Å². The van der Waals surface area contributed by atoms with Gasteiger partial charge in [0, 0.05) is 5.02 Å². The molecule has 0 aliphatic heterocycles. The van der Waals surface area contributed by atoms with Crippen LogP contribution in [0.2, 0.25) is 25.2 Å². The van der Waals surface area contributed by atoms with Crippen LogP contribution in [0.4, 0.5) is 11.5 Å². The lowest BCUT2D eigenvalue weighted by Gasteiger charge is -2.11. The van der Waals surface area contributed by atoms with Gasteiger partial charge in [0.1, 0.15) is 5.15 Å². The van der Waals surface area contributed by atoms with E-state index >= 15 is 0 Å². The number of rotatable bonds is 2. The quantitative estimate of drug-likeness (QED) is 0.630. The maximum absolute atomic E-state index is 6.12. The van der Waals surface area contributed by atoms with Crippen molar-refractivity contribution >= 4 is 69.5 Å². The molecule has 2 aromatic rings. The van der Waals surface area contributed by atoms with Crippen molar-refractivity contribution in [3.05, 3.63) is 49.0 Å². The summed E-state index contributed by atoms with van der Waals surface area (Å²) in [7, 11) is 0. The topological polar surface area (TPSA) is 24.9 Å². The van der Waals surface area contributed by atoms with Crippen LogP contribution in [0.1, 0.15) is 5.56 Å².